The van der Waals surface area contributed by atoms with E-state index in [1.54, 1.807) is 11.3 Å². The lowest BCUT2D eigenvalue weighted by molar-refractivity contribution is -0.120. The molecule has 1 aliphatic heterocycles. The number of nitrogens with zero attached hydrogens (tertiary/aromatic N) is 2. The molecule has 1 aliphatic rings. The number of rotatable bonds is 8. The van der Waals surface area contributed by atoms with Crippen molar-refractivity contribution in [2.75, 3.05) is 19.6 Å². The second-order valence-electron chi connectivity index (χ2n) is 7.03. The lowest BCUT2D eigenvalue weighted by atomic mass is 10.0. The minimum atomic E-state index is 0.0796. The van der Waals surface area contributed by atoms with Crippen molar-refractivity contribution >= 4 is 17.2 Å². The maximum absolute atomic E-state index is 12.4. The molecule has 26 heavy (non-hydrogen) atoms. The van der Waals surface area contributed by atoms with E-state index in [0.717, 1.165) is 29.4 Å². The number of unbranched alkanes of at least 4 members (excludes halogenated alkanes) is 1. The molecule has 0 aliphatic carbocycles. The van der Waals surface area contributed by atoms with Crippen LogP contribution in [0, 0.1) is 0 Å². The highest BCUT2D eigenvalue weighted by Gasteiger charge is 2.22. The molecule has 1 fully saturated rings. The Morgan fingerprint density at radius 3 is 2.96 bits per heavy atom. The molecule has 0 saturated carbocycles. The number of carbonyl (C=O) groups is 1. The summed E-state index contributed by atoms with van der Waals surface area (Å²) in [6, 6.07) is 10.6. The number of piperidine rings is 1. The fourth-order valence-electron chi connectivity index (χ4n) is 3.51. The molecule has 1 aromatic carbocycles. The monoisotopic (exact) mass is 371 g/mol. The van der Waals surface area contributed by atoms with E-state index >= 15 is 0 Å². The summed E-state index contributed by atoms with van der Waals surface area (Å²) in [6.07, 6.45) is 6.59. The zero-order chi connectivity index (χ0) is 18.2. The van der Waals surface area contributed by atoms with E-state index in [-0.39, 0.29) is 5.91 Å². The Bertz CT molecular complexity index is 686. The van der Waals surface area contributed by atoms with E-state index in [2.05, 4.69) is 34.3 Å². The third kappa shape index (κ3) is 5.39. The van der Waals surface area contributed by atoms with Gasteiger partial charge < -0.3 is 5.32 Å². The molecule has 0 radical (unpaired) electrons. The molecule has 1 N–H and O–H groups in total. The molecule has 2 aromatic rings. The molecule has 1 aromatic heterocycles. The smallest absolute Gasteiger partial charge is 0.226 e. The Morgan fingerprint density at radius 2 is 2.15 bits per heavy atom. The molecule has 4 nitrogen and oxygen atoms in total. The molecular weight excluding hydrogens is 342 g/mol. The van der Waals surface area contributed by atoms with Crippen molar-refractivity contribution in [3.63, 3.8) is 0 Å². The Kier molecular flexibility index (Phi) is 7.21. The van der Waals surface area contributed by atoms with Gasteiger partial charge in [0.15, 0.2) is 0 Å². The van der Waals surface area contributed by atoms with Crippen LogP contribution in [0.15, 0.2) is 35.7 Å². The number of thiazole rings is 1. The van der Waals surface area contributed by atoms with E-state index < -0.39 is 0 Å². The van der Waals surface area contributed by atoms with Gasteiger partial charge in [0.2, 0.25) is 5.91 Å². The molecular formula is C21H29N3OS. The Morgan fingerprint density at radius 1 is 1.31 bits per heavy atom. The van der Waals surface area contributed by atoms with E-state index in [4.69, 9.17) is 0 Å². The second kappa shape index (κ2) is 9.83. The summed E-state index contributed by atoms with van der Waals surface area (Å²) in [5, 5.41) is 6.11. The summed E-state index contributed by atoms with van der Waals surface area (Å²) in [6.45, 7) is 5.33. The van der Waals surface area contributed by atoms with Gasteiger partial charge in [0.25, 0.3) is 0 Å². The molecule has 2 heterocycles. The van der Waals surface area contributed by atoms with Gasteiger partial charge >= 0.3 is 0 Å². The van der Waals surface area contributed by atoms with Crippen molar-refractivity contribution in [2.24, 2.45) is 0 Å². The molecule has 3 rings (SSSR count). The first kappa shape index (κ1) is 19.1. The standard InChI is InChI=1S/C21H29N3OS/c1-2-3-12-24-13-8-7-11-19(24)15-22-20(25)14-18-16-26-21(23-18)17-9-5-4-6-10-17/h4-6,9-10,16,19H,2-3,7-8,11-15H2,1H3,(H,22,25)/t19-/m0/s1. The Balaban J connectivity index is 1.49. The zero-order valence-electron chi connectivity index (χ0n) is 15.6. The van der Waals surface area contributed by atoms with Crippen LogP contribution in [0.25, 0.3) is 10.6 Å². The number of amides is 1. The van der Waals surface area contributed by atoms with Crippen molar-refractivity contribution in [1.29, 1.82) is 0 Å². The number of carbonyl (C=O) groups excluding carboxylic acids is 1. The largest absolute Gasteiger partial charge is 0.354 e. The molecule has 0 spiro atoms. The van der Waals surface area contributed by atoms with E-state index in [1.807, 2.05) is 23.6 Å². The van der Waals surface area contributed by atoms with Gasteiger partial charge in [-0.25, -0.2) is 4.98 Å². The topological polar surface area (TPSA) is 45.2 Å². The number of hydrogen-bond acceptors (Lipinski definition) is 4. The molecule has 1 amide bonds. The molecule has 0 unspecified atom stereocenters. The first-order valence-electron chi connectivity index (χ1n) is 9.77. The summed E-state index contributed by atoms with van der Waals surface area (Å²) in [5.74, 6) is 0.0796. The van der Waals surface area contributed by atoms with Gasteiger partial charge in [-0.1, -0.05) is 50.1 Å². The van der Waals surface area contributed by atoms with Gasteiger partial charge in [0.1, 0.15) is 5.01 Å². The second-order valence-corrected chi connectivity index (χ2v) is 7.89. The zero-order valence-corrected chi connectivity index (χ0v) is 16.4. The minimum Gasteiger partial charge on any atom is -0.354 e. The average Bonchev–Trinajstić information content (AvgIpc) is 3.14. The number of likely N-dealkylation sites (tertiary alicyclic amines) is 1. The normalized spacial score (nSPS) is 18.0. The van der Waals surface area contributed by atoms with Crippen LogP contribution in [-0.4, -0.2) is 41.5 Å². The summed E-state index contributed by atoms with van der Waals surface area (Å²) in [4.78, 5) is 19.5. The van der Waals surface area contributed by atoms with Crippen molar-refractivity contribution in [1.82, 2.24) is 15.2 Å². The summed E-state index contributed by atoms with van der Waals surface area (Å²) in [7, 11) is 0. The van der Waals surface area contributed by atoms with Gasteiger partial charge in [0, 0.05) is 23.5 Å². The lowest BCUT2D eigenvalue weighted by Crippen LogP contribution is -2.47. The number of benzene rings is 1. The van der Waals surface area contributed by atoms with Gasteiger partial charge in [0.05, 0.1) is 12.1 Å². The summed E-state index contributed by atoms with van der Waals surface area (Å²) in [5.41, 5.74) is 1.97. The van der Waals surface area contributed by atoms with Gasteiger partial charge in [-0.3, -0.25) is 9.69 Å². The van der Waals surface area contributed by atoms with Crippen molar-refractivity contribution in [3.05, 3.63) is 41.4 Å². The van der Waals surface area contributed by atoms with Crippen LogP contribution in [0.3, 0.4) is 0 Å². The number of nitrogens with one attached hydrogen (secondary N) is 1. The maximum atomic E-state index is 12.4. The van der Waals surface area contributed by atoms with Crippen LogP contribution in [0.1, 0.15) is 44.7 Å². The average molecular weight is 372 g/mol. The quantitative estimate of drug-likeness (QED) is 0.759. The maximum Gasteiger partial charge on any atom is 0.226 e. The Hall–Kier alpha value is -1.72. The van der Waals surface area contributed by atoms with Crippen LogP contribution >= 0.6 is 11.3 Å². The fourth-order valence-corrected chi connectivity index (χ4v) is 4.33. The van der Waals surface area contributed by atoms with Crippen LogP contribution < -0.4 is 5.32 Å². The fraction of sp³-hybridized carbons (Fsp3) is 0.524. The summed E-state index contributed by atoms with van der Waals surface area (Å²) >= 11 is 1.60. The highest BCUT2D eigenvalue weighted by molar-refractivity contribution is 7.13. The number of aromatic nitrogens is 1. The molecule has 1 atom stereocenters. The van der Waals surface area contributed by atoms with Crippen LogP contribution in [0.4, 0.5) is 0 Å². The molecule has 0 bridgehead atoms. The van der Waals surface area contributed by atoms with Crippen LogP contribution in [0.5, 0.6) is 0 Å². The Labute approximate surface area is 160 Å². The van der Waals surface area contributed by atoms with Gasteiger partial charge in [-0.15, -0.1) is 11.3 Å². The highest BCUT2D eigenvalue weighted by atomic mass is 32.1. The van der Waals surface area contributed by atoms with Crippen LogP contribution in [0.2, 0.25) is 0 Å². The van der Waals surface area contributed by atoms with Crippen molar-refractivity contribution in [2.45, 2.75) is 51.5 Å². The third-order valence-electron chi connectivity index (χ3n) is 5.00. The van der Waals surface area contributed by atoms with Crippen molar-refractivity contribution in [3.8, 4) is 10.6 Å². The highest BCUT2D eigenvalue weighted by Crippen LogP contribution is 2.23. The lowest BCUT2D eigenvalue weighted by Gasteiger charge is -2.35. The first-order valence-corrected chi connectivity index (χ1v) is 10.6. The van der Waals surface area contributed by atoms with E-state index in [1.165, 1.54) is 38.6 Å². The molecule has 5 heteroatoms. The van der Waals surface area contributed by atoms with Crippen LogP contribution in [-0.2, 0) is 11.2 Å². The predicted molar refractivity (Wildman–Crippen MR) is 108 cm³/mol. The van der Waals surface area contributed by atoms with Gasteiger partial charge in [-0.05, 0) is 32.4 Å². The van der Waals surface area contributed by atoms with E-state index in [0.29, 0.717) is 12.5 Å². The first-order chi connectivity index (χ1) is 12.8. The van der Waals surface area contributed by atoms with E-state index in [9.17, 15) is 4.79 Å². The summed E-state index contributed by atoms with van der Waals surface area (Å²) < 4.78 is 0. The number of hydrogen-bond donors (Lipinski definition) is 1. The van der Waals surface area contributed by atoms with Gasteiger partial charge in [-0.2, -0.15) is 0 Å². The molecule has 1 saturated heterocycles. The molecule has 140 valence electrons. The SMILES string of the molecule is CCCCN1CCCC[C@H]1CNC(=O)Cc1csc(-c2ccccc2)n1. The predicted octanol–water partition coefficient (Wildman–Crippen LogP) is 4.12. The third-order valence-corrected chi connectivity index (χ3v) is 5.94. The van der Waals surface area contributed by atoms with Crippen molar-refractivity contribution < 1.29 is 4.79 Å². The minimum absolute atomic E-state index is 0.0796.